The molecule has 1 amide bonds. The van der Waals surface area contributed by atoms with Gasteiger partial charge in [0.05, 0.1) is 30.4 Å². The first-order valence-electron chi connectivity index (χ1n) is 13.8. The van der Waals surface area contributed by atoms with Gasteiger partial charge in [-0.1, -0.05) is 31.5 Å². The molecule has 1 aromatic heterocycles. The molecule has 0 N–H and O–H groups in total. The van der Waals surface area contributed by atoms with Gasteiger partial charge < -0.3 is 14.5 Å². The summed E-state index contributed by atoms with van der Waals surface area (Å²) in [6.45, 7) is 8.45. The molecule has 2 aromatic rings. The Morgan fingerprint density at radius 2 is 1.81 bits per heavy atom. The molecule has 3 fully saturated rings. The summed E-state index contributed by atoms with van der Waals surface area (Å²) in [6.07, 6.45) is 9.14. The number of piperidine rings is 2. The fraction of sp³-hybridized carbons (Fsp3) is 0.621. The highest BCUT2D eigenvalue weighted by Gasteiger charge is 2.43. The molecule has 1 aliphatic carbocycles. The standard InChI is InChI=1S/C29H38ClFN4O2/c1-19-11-20(2)18-35(17-19)28(36)13-23-3-4-25(14-27(23)31)37-10-7-22-12-26(22)21-5-8-34(9-6-21)29-32-15-24(30)16-33-29/h3-4,14-16,19-22,26H,5-13,17-18H2,1-2H3/t19?,20?,22-,26-/m0/s1. The van der Waals surface area contributed by atoms with Crippen molar-refractivity contribution in [2.24, 2.45) is 29.6 Å². The highest BCUT2D eigenvalue weighted by atomic mass is 35.5. The lowest BCUT2D eigenvalue weighted by atomic mass is 9.90. The summed E-state index contributed by atoms with van der Waals surface area (Å²) in [5.41, 5.74) is 0.445. The molecule has 37 heavy (non-hydrogen) atoms. The third-order valence-electron chi connectivity index (χ3n) is 8.36. The predicted octanol–water partition coefficient (Wildman–Crippen LogP) is 5.64. The second kappa shape index (κ2) is 11.5. The Morgan fingerprint density at radius 1 is 1.11 bits per heavy atom. The van der Waals surface area contributed by atoms with Crippen LogP contribution in [0.2, 0.25) is 5.02 Å². The second-order valence-electron chi connectivity index (χ2n) is 11.5. The maximum absolute atomic E-state index is 14.7. The van der Waals surface area contributed by atoms with Crippen molar-refractivity contribution in [2.75, 3.05) is 37.7 Å². The van der Waals surface area contributed by atoms with Crippen LogP contribution in [0.25, 0.3) is 0 Å². The van der Waals surface area contributed by atoms with Gasteiger partial charge in [0.25, 0.3) is 0 Å². The predicted molar refractivity (Wildman–Crippen MR) is 143 cm³/mol. The summed E-state index contributed by atoms with van der Waals surface area (Å²) in [5, 5.41) is 0.563. The van der Waals surface area contributed by atoms with Crippen molar-refractivity contribution in [2.45, 2.75) is 52.4 Å². The average Bonchev–Trinajstić information content (AvgIpc) is 3.65. The van der Waals surface area contributed by atoms with Crippen LogP contribution >= 0.6 is 11.6 Å². The Labute approximate surface area is 224 Å². The van der Waals surface area contributed by atoms with E-state index in [4.69, 9.17) is 16.3 Å². The van der Waals surface area contributed by atoms with E-state index < -0.39 is 0 Å². The van der Waals surface area contributed by atoms with Crippen LogP contribution in [0.4, 0.5) is 10.3 Å². The largest absolute Gasteiger partial charge is 0.493 e. The molecule has 2 unspecified atom stereocenters. The summed E-state index contributed by atoms with van der Waals surface area (Å²) in [6, 6.07) is 4.94. The first-order chi connectivity index (χ1) is 17.9. The van der Waals surface area contributed by atoms with Crippen molar-refractivity contribution in [1.82, 2.24) is 14.9 Å². The molecular formula is C29H38ClFN4O2. The maximum atomic E-state index is 14.7. The molecule has 2 aliphatic heterocycles. The van der Waals surface area contributed by atoms with Crippen LogP contribution in [-0.4, -0.2) is 53.6 Å². The molecule has 0 bridgehead atoms. The summed E-state index contributed by atoms with van der Waals surface area (Å²) in [7, 11) is 0. The number of amides is 1. The van der Waals surface area contributed by atoms with E-state index in [1.54, 1.807) is 24.5 Å². The van der Waals surface area contributed by atoms with Gasteiger partial charge in [-0.25, -0.2) is 14.4 Å². The maximum Gasteiger partial charge on any atom is 0.227 e. The molecule has 6 nitrogen and oxygen atoms in total. The van der Waals surface area contributed by atoms with Crippen LogP contribution in [0.1, 0.15) is 51.5 Å². The molecule has 3 aliphatic rings. The highest BCUT2D eigenvalue weighted by Crippen LogP contribution is 2.49. The zero-order valence-corrected chi connectivity index (χ0v) is 22.7. The Morgan fingerprint density at radius 3 is 2.49 bits per heavy atom. The Kier molecular flexibility index (Phi) is 8.18. The Balaban J connectivity index is 1.02. The highest BCUT2D eigenvalue weighted by molar-refractivity contribution is 6.30. The molecule has 1 aromatic carbocycles. The number of hydrogen-bond acceptors (Lipinski definition) is 5. The van der Waals surface area contributed by atoms with E-state index in [0.29, 0.717) is 40.7 Å². The molecule has 2 saturated heterocycles. The van der Waals surface area contributed by atoms with E-state index in [9.17, 15) is 9.18 Å². The minimum absolute atomic E-state index is 0.0114. The van der Waals surface area contributed by atoms with Gasteiger partial charge in [0, 0.05) is 32.2 Å². The lowest BCUT2D eigenvalue weighted by Crippen LogP contribution is -2.43. The topological polar surface area (TPSA) is 58.6 Å². The van der Waals surface area contributed by atoms with Gasteiger partial charge in [0.1, 0.15) is 11.6 Å². The molecule has 1 saturated carbocycles. The third-order valence-corrected chi connectivity index (χ3v) is 8.55. The number of benzene rings is 1. The minimum Gasteiger partial charge on any atom is -0.493 e. The number of aromatic nitrogens is 2. The summed E-state index contributed by atoms with van der Waals surface area (Å²) in [4.78, 5) is 25.6. The fourth-order valence-corrected chi connectivity index (χ4v) is 6.50. The van der Waals surface area contributed by atoms with Gasteiger partial charge in [-0.05, 0) is 73.3 Å². The van der Waals surface area contributed by atoms with Gasteiger partial charge in [0.2, 0.25) is 11.9 Å². The van der Waals surface area contributed by atoms with E-state index in [1.807, 2.05) is 4.90 Å². The number of nitrogens with zero attached hydrogens (tertiary/aromatic N) is 4. The number of carbonyl (C=O) groups excluding carboxylic acids is 1. The van der Waals surface area contributed by atoms with Crippen molar-refractivity contribution >= 4 is 23.5 Å². The monoisotopic (exact) mass is 528 g/mol. The third kappa shape index (κ3) is 6.73. The number of ether oxygens (including phenoxy) is 1. The molecule has 3 heterocycles. The quantitative estimate of drug-likeness (QED) is 0.444. The van der Waals surface area contributed by atoms with Gasteiger partial charge in [-0.2, -0.15) is 0 Å². The number of hydrogen-bond donors (Lipinski definition) is 0. The van der Waals surface area contributed by atoms with Crippen LogP contribution in [0.5, 0.6) is 5.75 Å². The fourth-order valence-electron chi connectivity index (χ4n) is 6.41. The average molecular weight is 529 g/mol. The van der Waals surface area contributed by atoms with E-state index >= 15 is 0 Å². The summed E-state index contributed by atoms with van der Waals surface area (Å²) >= 11 is 5.90. The summed E-state index contributed by atoms with van der Waals surface area (Å²) in [5.74, 6) is 4.16. The van der Waals surface area contributed by atoms with Crippen LogP contribution < -0.4 is 9.64 Å². The second-order valence-corrected chi connectivity index (χ2v) is 11.9. The van der Waals surface area contributed by atoms with Gasteiger partial charge in [-0.3, -0.25) is 4.79 Å². The summed E-state index contributed by atoms with van der Waals surface area (Å²) < 4.78 is 20.6. The molecular weight excluding hydrogens is 491 g/mol. The van der Waals surface area contributed by atoms with Crippen molar-refractivity contribution in [1.29, 1.82) is 0 Å². The Hall–Kier alpha value is -2.41. The van der Waals surface area contributed by atoms with Crippen LogP contribution in [0.3, 0.4) is 0 Å². The number of rotatable bonds is 8. The number of halogens is 2. The SMILES string of the molecule is CC1CC(C)CN(C(=O)Cc2ccc(OCC[C@H]3C[C@H]3C3CCN(c4ncc(Cl)cn4)CC3)cc2F)C1. The van der Waals surface area contributed by atoms with E-state index in [1.165, 1.54) is 12.5 Å². The van der Waals surface area contributed by atoms with Crippen molar-refractivity contribution in [3.05, 3.63) is 47.0 Å². The lowest BCUT2D eigenvalue weighted by Gasteiger charge is -2.35. The first kappa shape index (κ1) is 26.2. The normalized spacial score (nSPS) is 26.3. The van der Waals surface area contributed by atoms with Gasteiger partial charge >= 0.3 is 0 Å². The van der Waals surface area contributed by atoms with E-state index in [2.05, 4.69) is 28.7 Å². The van der Waals surface area contributed by atoms with Crippen molar-refractivity contribution < 1.29 is 13.9 Å². The van der Waals surface area contributed by atoms with Crippen molar-refractivity contribution in [3.63, 3.8) is 0 Å². The minimum atomic E-state index is -0.357. The van der Waals surface area contributed by atoms with Crippen LogP contribution in [0.15, 0.2) is 30.6 Å². The first-order valence-corrected chi connectivity index (χ1v) is 14.1. The van der Waals surface area contributed by atoms with Gasteiger partial charge in [0.15, 0.2) is 0 Å². The number of anilines is 1. The molecule has 0 spiro atoms. The number of likely N-dealkylation sites (tertiary alicyclic amines) is 1. The molecule has 4 atom stereocenters. The number of carbonyl (C=O) groups is 1. The van der Waals surface area contributed by atoms with E-state index in [-0.39, 0.29) is 18.1 Å². The molecule has 0 radical (unpaired) electrons. The van der Waals surface area contributed by atoms with Gasteiger partial charge in [-0.15, -0.1) is 0 Å². The molecule has 5 rings (SSSR count). The Bertz CT molecular complexity index is 1070. The zero-order valence-electron chi connectivity index (χ0n) is 21.9. The van der Waals surface area contributed by atoms with Crippen molar-refractivity contribution in [3.8, 4) is 5.75 Å². The van der Waals surface area contributed by atoms with Crippen LogP contribution in [0, 0.1) is 35.4 Å². The zero-order chi connectivity index (χ0) is 25.9. The smallest absolute Gasteiger partial charge is 0.227 e. The molecule has 8 heteroatoms. The van der Waals surface area contributed by atoms with Crippen LogP contribution in [-0.2, 0) is 11.2 Å². The van der Waals surface area contributed by atoms with E-state index in [0.717, 1.165) is 69.6 Å². The lowest BCUT2D eigenvalue weighted by molar-refractivity contribution is -0.133. The molecule has 200 valence electrons.